The molecule has 5 heteroatoms. The predicted molar refractivity (Wildman–Crippen MR) is 95.8 cm³/mol. The summed E-state index contributed by atoms with van der Waals surface area (Å²) in [6.45, 7) is 3.86. The molecule has 2 rings (SSSR count). The van der Waals surface area contributed by atoms with Gasteiger partial charge in [-0.15, -0.1) is 0 Å². The van der Waals surface area contributed by atoms with Crippen molar-refractivity contribution in [1.29, 1.82) is 0 Å². The van der Waals surface area contributed by atoms with Crippen LogP contribution in [0, 0.1) is 5.82 Å². The lowest BCUT2D eigenvalue weighted by molar-refractivity contribution is -0.134. The van der Waals surface area contributed by atoms with Crippen molar-refractivity contribution >= 4 is 5.97 Å². The molecular formula is C20H25FN2O2. The second kappa shape index (κ2) is 9.87. The lowest BCUT2D eigenvalue weighted by Gasteiger charge is -2.07. The van der Waals surface area contributed by atoms with Crippen LogP contribution < -0.4 is 4.74 Å². The van der Waals surface area contributed by atoms with Crippen molar-refractivity contribution in [3.8, 4) is 17.1 Å². The fourth-order valence-electron chi connectivity index (χ4n) is 2.48. The van der Waals surface area contributed by atoms with Gasteiger partial charge in [-0.1, -0.05) is 39.5 Å². The Morgan fingerprint density at radius 3 is 2.44 bits per heavy atom. The monoisotopic (exact) mass is 344 g/mol. The van der Waals surface area contributed by atoms with Gasteiger partial charge in [-0.05, 0) is 36.6 Å². The highest BCUT2D eigenvalue weighted by molar-refractivity contribution is 5.72. The van der Waals surface area contributed by atoms with Gasteiger partial charge >= 0.3 is 5.97 Å². The summed E-state index contributed by atoms with van der Waals surface area (Å²) in [6, 6.07) is 4.38. The van der Waals surface area contributed by atoms with Crippen molar-refractivity contribution in [1.82, 2.24) is 9.97 Å². The molecule has 0 fully saturated rings. The first-order valence-corrected chi connectivity index (χ1v) is 8.95. The van der Waals surface area contributed by atoms with E-state index in [2.05, 4.69) is 16.9 Å². The zero-order chi connectivity index (χ0) is 18.1. The van der Waals surface area contributed by atoms with E-state index < -0.39 is 11.8 Å². The summed E-state index contributed by atoms with van der Waals surface area (Å²) in [7, 11) is 0. The number of carbonyl (C=O) groups excluding carboxylic acids is 1. The molecule has 0 aliphatic heterocycles. The first-order valence-electron chi connectivity index (χ1n) is 8.95. The average Bonchev–Trinajstić information content (AvgIpc) is 2.63. The number of hydrogen-bond acceptors (Lipinski definition) is 4. The highest BCUT2D eigenvalue weighted by Crippen LogP contribution is 2.24. The summed E-state index contributed by atoms with van der Waals surface area (Å²) in [5.41, 5.74) is 1.65. The standard InChI is InChI=1S/C20H25FN2O2/c1-3-5-6-7-8-9-15-13-22-20(23-14-15)16-10-11-18(17(21)12-16)25-19(24)4-2/h10-14H,3-9H2,1-2H3. The van der Waals surface area contributed by atoms with Crippen LogP contribution in [0.25, 0.3) is 11.4 Å². The van der Waals surface area contributed by atoms with Gasteiger partial charge in [0.25, 0.3) is 0 Å². The van der Waals surface area contributed by atoms with Crippen molar-refractivity contribution in [2.24, 2.45) is 0 Å². The zero-order valence-corrected chi connectivity index (χ0v) is 14.9. The van der Waals surface area contributed by atoms with Crippen molar-refractivity contribution < 1.29 is 13.9 Å². The molecule has 25 heavy (non-hydrogen) atoms. The molecular weight excluding hydrogens is 319 g/mol. The molecule has 0 saturated carbocycles. The van der Waals surface area contributed by atoms with Crippen LogP contribution in [0.4, 0.5) is 4.39 Å². The van der Waals surface area contributed by atoms with E-state index in [0.717, 1.165) is 18.4 Å². The molecule has 0 atom stereocenters. The van der Waals surface area contributed by atoms with Gasteiger partial charge < -0.3 is 4.74 Å². The maximum Gasteiger partial charge on any atom is 0.310 e. The molecule has 0 aliphatic rings. The Kier molecular flexibility index (Phi) is 7.51. The Hall–Kier alpha value is -2.30. The third kappa shape index (κ3) is 5.93. The smallest absolute Gasteiger partial charge is 0.310 e. The largest absolute Gasteiger partial charge is 0.423 e. The van der Waals surface area contributed by atoms with E-state index >= 15 is 0 Å². The fourth-order valence-corrected chi connectivity index (χ4v) is 2.48. The van der Waals surface area contributed by atoms with Crippen LogP contribution in [-0.2, 0) is 11.2 Å². The van der Waals surface area contributed by atoms with Crippen LogP contribution in [-0.4, -0.2) is 15.9 Å². The minimum atomic E-state index is -0.595. The number of nitrogens with zero attached hydrogens (tertiary/aromatic N) is 2. The third-order valence-electron chi connectivity index (χ3n) is 3.98. The summed E-state index contributed by atoms with van der Waals surface area (Å²) in [6.07, 6.45) is 10.9. The lowest BCUT2D eigenvalue weighted by Crippen LogP contribution is -2.06. The van der Waals surface area contributed by atoms with Crippen LogP contribution in [0.5, 0.6) is 5.75 Å². The maximum absolute atomic E-state index is 14.0. The van der Waals surface area contributed by atoms with E-state index in [-0.39, 0.29) is 12.2 Å². The first-order chi connectivity index (χ1) is 12.1. The molecule has 0 N–H and O–H groups in total. The molecule has 1 aromatic carbocycles. The fraction of sp³-hybridized carbons (Fsp3) is 0.450. The van der Waals surface area contributed by atoms with Gasteiger partial charge in [0.15, 0.2) is 17.4 Å². The lowest BCUT2D eigenvalue weighted by atomic mass is 10.1. The molecule has 0 bridgehead atoms. The summed E-state index contributed by atoms with van der Waals surface area (Å²) in [4.78, 5) is 19.9. The second-order valence-corrected chi connectivity index (χ2v) is 6.05. The van der Waals surface area contributed by atoms with E-state index in [1.54, 1.807) is 25.4 Å². The Balaban J connectivity index is 1.97. The van der Waals surface area contributed by atoms with E-state index in [1.165, 1.54) is 37.8 Å². The number of ether oxygens (including phenoxy) is 1. The Morgan fingerprint density at radius 1 is 1.08 bits per heavy atom. The topological polar surface area (TPSA) is 52.1 Å². The highest BCUT2D eigenvalue weighted by atomic mass is 19.1. The molecule has 4 nitrogen and oxygen atoms in total. The molecule has 0 spiro atoms. The number of halogens is 1. The minimum absolute atomic E-state index is 0.0701. The maximum atomic E-state index is 14.0. The van der Waals surface area contributed by atoms with Crippen LogP contribution in [0.15, 0.2) is 30.6 Å². The Morgan fingerprint density at radius 2 is 1.80 bits per heavy atom. The highest BCUT2D eigenvalue weighted by Gasteiger charge is 2.11. The van der Waals surface area contributed by atoms with Gasteiger partial charge in [0, 0.05) is 24.4 Å². The van der Waals surface area contributed by atoms with Gasteiger partial charge in [0.1, 0.15) is 0 Å². The van der Waals surface area contributed by atoms with E-state index in [1.807, 2.05) is 0 Å². The molecule has 2 aromatic rings. The molecule has 0 aliphatic carbocycles. The number of rotatable bonds is 9. The molecule has 0 amide bonds. The van der Waals surface area contributed by atoms with Crippen LogP contribution in [0.3, 0.4) is 0 Å². The molecule has 134 valence electrons. The number of unbranched alkanes of at least 4 members (excludes halogenated alkanes) is 4. The Bertz CT molecular complexity index is 687. The van der Waals surface area contributed by atoms with Crippen LogP contribution in [0.1, 0.15) is 57.9 Å². The summed E-state index contributed by atoms with van der Waals surface area (Å²) >= 11 is 0. The van der Waals surface area contributed by atoms with E-state index in [9.17, 15) is 9.18 Å². The minimum Gasteiger partial charge on any atom is -0.423 e. The molecule has 1 heterocycles. The van der Waals surface area contributed by atoms with Crippen LogP contribution in [0.2, 0.25) is 0 Å². The van der Waals surface area contributed by atoms with Crippen molar-refractivity contribution in [3.05, 3.63) is 42.0 Å². The first kappa shape index (κ1) is 19.0. The number of benzene rings is 1. The molecule has 0 radical (unpaired) electrons. The molecule has 0 saturated heterocycles. The van der Waals surface area contributed by atoms with Gasteiger partial charge in [-0.25, -0.2) is 14.4 Å². The SMILES string of the molecule is CCCCCCCc1cnc(-c2ccc(OC(=O)CC)c(F)c2)nc1. The second-order valence-electron chi connectivity index (χ2n) is 6.05. The molecule has 1 aromatic heterocycles. The van der Waals surface area contributed by atoms with Gasteiger partial charge in [-0.3, -0.25) is 4.79 Å². The number of carbonyl (C=O) groups is 1. The van der Waals surface area contributed by atoms with Crippen molar-refractivity contribution in [2.45, 2.75) is 58.8 Å². The normalized spacial score (nSPS) is 10.7. The quantitative estimate of drug-likeness (QED) is 0.360. The number of aryl methyl sites for hydroxylation is 1. The van der Waals surface area contributed by atoms with E-state index in [4.69, 9.17) is 4.74 Å². The summed E-state index contributed by atoms with van der Waals surface area (Å²) < 4.78 is 19.0. The van der Waals surface area contributed by atoms with Crippen LogP contribution >= 0.6 is 0 Å². The number of hydrogen-bond donors (Lipinski definition) is 0. The zero-order valence-electron chi connectivity index (χ0n) is 14.9. The molecule has 0 unspecified atom stereocenters. The third-order valence-corrected chi connectivity index (χ3v) is 3.98. The van der Waals surface area contributed by atoms with Crippen molar-refractivity contribution in [2.75, 3.05) is 0 Å². The predicted octanol–water partition coefficient (Wildman–Crippen LogP) is 5.11. The average molecular weight is 344 g/mol. The van der Waals surface area contributed by atoms with Gasteiger partial charge in [0.2, 0.25) is 0 Å². The Labute approximate surface area is 148 Å². The van der Waals surface area contributed by atoms with E-state index in [0.29, 0.717) is 11.4 Å². The number of aromatic nitrogens is 2. The van der Waals surface area contributed by atoms with Gasteiger partial charge in [-0.2, -0.15) is 0 Å². The van der Waals surface area contributed by atoms with Gasteiger partial charge in [0.05, 0.1) is 0 Å². The number of esters is 1. The summed E-state index contributed by atoms with van der Waals surface area (Å²) in [5, 5.41) is 0. The summed E-state index contributed by atoms with van der Waals surface area (Å²) in [5.74, 6) is -0.671. The van der Waals surface area contributed by atoms with Crippen molar-refractivity contribution in [3.63, 3.8) is 0 Å².